The summed E-state index contributed by atoms with van der Waals surface area (Å²) < 4.78 is 35.7. The summed E-state index contributed by atoms with van der Waals surface area (Å²) in [5, 5.41) is 10.3. The number of nitrogens with one attached hydrogen (secondary N) is 1. The number of esters is 3. The van der Waals surface area contributed by atoms with Gasteiger partial charge in [-0.05, 0) is 93.2 Å². The molecule has 12 heteroatoms. The van der Waals surface area contributed by atoms with E-state index in [1.807, 2.05) is 32.1 Å². The summed E-state index contributed by atoms with van der Waals surface area (Å²) in [4.78, 5) is 48.7. The van der Waals surface area contributed by atoms with Crippen LogP contribution in [0.5, 0.6) is 0 Å². The first-order chi connectivity index (χ1) is 25.2. The quantitative estimate of drug-likeness (QED) is 0.135. The number of hydrogen-bond acceptors (Lipinski definition) is 11. The number of aliphatic hydroxyl groups is 1. The van der Waals surface area contributed by atoms with Crippen molar-refractivity contribution in [1.29, 1.82) is 0 Å². The molecule has 2 saturated heterocycles. The van der Waals surface area contributed by atoms with Crippen LogP contribution in [0.25, 0.3) is 0 Å². The molecule has 0 aliphatic carbocycles. The van der Waals surface area contributed by atoms with Gasteiger partial charge in [0.05, 0.1) is 31.7 Å². The minimum absolute atomic E-state index is 0.0741. The van der Waals surface area contributed by atoms with Crippen LogP contribution in [0.2, 0.25) is 0 Å². The van der Waals surface area contributed by atoms with E-state index in [9.17, 15) is 19.5 Å². The molecular formula is C41H58N2O10. The summed E-state index contributed by atoms with van der Waals surface area (Å²) in [5.41, 5.74) is 4.26. The van der Waals surface area contributed by atoms with Crippen molar-refractivity contribution in [2.45, 2.75) is 117 Å². The molecule has 2 fully saturated rings. The van der Waals surface area contributed by atoms with E-state index in [1.54, 1.807) is 14.0 Å². The molecule has 1 aromatic rings. The Kier molecular flexibility index (Phi) is 13.4. The Labute approximate surface area is 313 Å². The third-order valence-corrected chi connectivity index (χ3v) is 10.6. The number of H-pyrrole nitrogens is 1. The molecule has 1 aromatic heterocycles. The van der Waals surface area contributed by atoms with Crippen LogP contribution < -0.4 is 0 Å². The number of aromatic nitrogens is 1. The van der Waals surface area contributed by atoms with E-state index in [1.165, 1.54) is 18.1 Å². The maximum Gasteiger partial charge on any atom is 0.318 e. The van der Waals surface area contributed by atoms with Crippen molar-refractivity contribution in [3.63, 3.8) is 0 Å². The minimum atomic E-state index is -1.46. The summed E-state index contributed by atoms with van der Waals surface area (Å²) >= 11 is 0. The van der Waals surface area contributed by atoms with E-state index in [0.717, 1.165) is 30.5 Å². The lowest BCUT2D eigenvalue weighted by molar-refractivity contribution is -0.164. The Morgan fingerprint density at radius 1 is 1.11 bits per heavy atom. The van der Waals surface area contributed by atoms with Crippen LogP contribution in [0.3, 0.4) is 0 Å². The van der Waals surface area contributed by atoms with Crippen molar-refractivity contribution < 1.29 is 47.9 Å². The predicted molar refractivity (Wildman–Crippen MR) is 198 cm³/mol. The number of fused-ring (bicyclic) bond motifs is 6. The molecule has 0 spiro atoms. The van der Waals surface area contributed by atoms with Gasteiger partial charge < -0.3 is 38.5 Å². The van der Waals surface area contributed by atoms with Crippen LogP contribution in [0, 0.1) is 23.2 Å². The number of rotatable bonds is 10. The van der Waals surface area contributed by atoms with E-state index >= 15 is 0 Å². The fourth-order valence-electron chi connectivity index (χ4n) is 7.46. The Bertz CT molecular complexity index is 1620. The van der Waals surface area contributed by atoms with Crippen molar-refractivity contribution in [1.82, 2.24) is 4.98 Å². The highest BCUT2D eigenvalue weighted by molar-refractivity contribution is 5.94. The molecule has 4 aliphatic rings. The topological polar surface area (TPSA) is 155 Å². The summed E-state index contributed by atoms with van der Waals surface area (Å²) in [6.45, 7) is 14.3. The third-order valence-electron chi connectivity index (χ3n) is 10.6. The standard InChI is InChI=1S/C41H58N2O10/c1-23(2)16-27-18-35(45)52-37-36(53-40(47)41(37,7)22-44)26(6)11-12-28-13-14-31(42-28)38-43-32(34(51-38)21-50-39(27)46)19-29-30(25(5)10-9-15-48-8)20-49-33(29)17-24(3)4/h11,13-14,19,23-24,27,32-34,36-37,42,44H,9-10,12,15-18,20-22H2,1-8H3/b26-11+,29-19-,30-25+/t27-,32-,33+,34-,36+,37-,41+/m0/s1. The predicted octanol–water partition coefficient (Wildman–Crippen LogP) is 5.58. The van der Waals surface area contributed by atoms with Gasteiger partial charge in [0.25, 0.3) is 0 Å². The largest absolute Gasteiger partial charge is 0.467 e. The molecule has 292 valence electrons. The van der Waals surface area contributed by atoms with E-state index < -0.39 is 60.2 Å². The van der Waals surface area contributed by atoms with Gasteiger partial charge in [0.15, 0.2) is 18.3 Å². The number of aliphatic imine (C=N–C) groups is 1. The molecule has 0 unspecified atom stereocenters. The lowest BCUT2D eigenvalue weighted by Crippen LogP contribution is -2.43. The van der Waals surface area contributed by atoms with Gasteiger partial charge in [0.2, 0.25) is 5.90 Å². The highest BCUT2D eigenvalue weighted by atomic mass is 16.6. The first-order valence-corrected chi connectivity index (χ1v) is 19.0. The van der Waals surface area contributed by atoms with Crippen LogP contribution in [-0.2, 0) is 49.2 Å². The van der Waals surface area contributed by atoms with E-state index in [4.69, 9.17) is 33.4 Å². The van der Waals surface area contributed by atoms with Gasteiger partial charge in [-0.3, -0.25) is 14.4 Å². The smallest absolute Gasteiger partial charge is 0.318 e. The van der Waals surface area contributed by atoms with Gasteiger partial charge in [0.1, 0.15) is 23.8 Å². The molecule has 4 aliphatic heterocycles. The van der Waals surface area contributed by atoms with Crippen LogP contribution in [0.4, 0.5) is 0 Å². The lowest BCUT2D eigenvalue weighted by atomic mass is 9.83. The molecule has 7 atom stereocenters. The Morgan fingerprint density at radius 2 is 1.87 bits per heavy atom. The van der Waals surface area contributed by atoms with Crippen LogP contribution >= 0.6 is 0 Å². The van der Waals surface area contributed by atoms with Gasteiger partial charge in [0, 0.05) is 25.8 Å². The van der Waals surface area contributed by atoms with E-state index in [-0.39, 0.29) is 25.0 Å². The molecule has 0 amide bonds. The van der Waals surface area contributed by atoms with E-state index in [2.05, 4.69) is 31.8 Å². The SMILES string of the molecule is COCCC/C(C)=C1\CO[C@H](CC(C)C)\C1=C/[C@@H]1N=C2O[C@H]1COC(=O)[C@@H](CC(C)C)CC(=O)O[C@H]1[C@H](OC(=O)[C@]1(C)CO)/C(C)=C/Cc1ccc2[nH]1. The second-order valence-corrected chi connectivity index (χ2v) is 16.0. The second-order valence-electron chi connectivity index (χ2n) is 16.0. The summed E-state index contributed by atoms with van der Waals surface area (Å²) in [7, 11) is 1.71. The zero-order chi connectivity index (χ0) is 38.4. The van der Waals surface area contributed by atoms with Crippen LogP contribution in [-0.4, -0.2) is 97.9 Å². The second kappa shape index (κ2) is 17.6. The third kappa shape index (κ3) is 9.50. The fourth-order valence-corrected chi connectivity index (χ4v) is 7.46. The molecular weight excluding hydrogens is 680 g/mol. The van der Waals surface area contributed by atoms with E-state index in [0.29, 0.717) is 49.1 Å². The maximum atomic E-state index is 13.8. The molecule has 12 nitrogen and oxygen atoms in total. The van der Waals surface area contributed by atoms with Crippen molar-refractivity contribution in [2.24, 2.45) is 28.2 Å². The summed E-state index contributed by atoms with van der Waals surface area (Å²) in [5.74, 6) is -1.78. The molecule has 5 heterocycles. The number of carbonyl (C=O) groups is 3. The van der Waals surface area contributed by atoms with Crippen molar-refractivity contribution >= 4 is 23.8 Å². The minimum Gasteiger partial charge on any atom is -0.467 e. The first-order valence-electron chi connectivity index (χ1n) is 19.0. The number of carbonyl (C=O) groups excluding carboxylic acids is 3. The average Bonchev–Trinajstić information content (AvgIpc) is 3.89. The van der Waals surface area contributed by atoms with Crippen LogP contribution in [0.1, 0.15) is 92.0 Å². The van der Waals surface area contributed by atoms with Gasteiger partial charge in [-0.15, -0.1) is 0 Å². The zero-order valence-electron chi connectivity index (χ0n) is 32.6. The number of aromatic amines is 1. The van der Waals surface area contributed by atoms with Crippen molar-refractivity contribution in [2.75, 3.05) is 33.5 Å². The van der Waals surface area contributed by atoms with Crippen LogP contribution in [0.15, 0.2) is 51.6 Å². The Balaban J connectivity index is 1.52. The lowest BCUT2D eigenvalue weighted by Gasteiger charge is -2.28. The molecule has 2 N–H and O–H groups in total. The summed E-state index contributed by atoms with van der Waals surface area (Å²) in [6, 6.07) is 3.36. The Morgan fingerprint density at radius 3 is 2.57 bits per heavy atom. The normalized spacial score (nSPS) is 32.4. The molecule has 0 saturated carbocycles. The zero-order valence-corrected chi connectivity index (χ0v) is 32.6. The monoisotopic (exact) mass is 738 g/mol. The molecule has 5 rings (SSSR count). The van der Waals surface area contributed by atoms with Crippen molar-refractivity contribution in [3.05, 3.63) is 58.0 Å². The average molecular weight is 739 g/mol. The number of ether oxygens (including phenoxy) is 6. The van der Waals surface area contributed by atoms with Gasteiger partial charge >= 0.3 is 17.9 Å². The first kappa shape index (κ1) is 40.4. The number of nitrogens with zero attached hydrogens (tertiary/aromatic N) is 1. The molecule has 4 bridgehead atoms. The molecule has 0 radical (unpaired) electrons. The van der Waals surface area contributed by atoms with Gasteiger partial charge in [-0.25, -0.2) is 4.99 Å². The fraction of sp³-hybridized carbons (Fsp3) is 0.659. The number of aliphatic hydroxyl groups excluding tert-OH is 1. The number of allylic oxidation sites excluding steroid dienone is 2. The summed E-state index contributed by atoms with van der Waals surface area (Å²) in [6.07, 6.45) is 4.56. The highest BCUT2D eigenvalue weighted by Crippen LogP contribution is 2.40. The number of cyclic esters (lactones) is 1. The number of methoxy groups -OCH3 is 1. The molecule has 0 aromatic carbocycles. The highest BCUT2D eigenvalue weighted by Gasteiger charge is 2.57. The van der Waals surface area contributed by atoms with Crippen molar-refractivity contribution in [3.8, 4) is 0 Å². The Hall–Kier alpha value is -3.74. The molecule has 53 heavy (non-hydrogen) atoms. The number of hydrogen-bond donors (Lipinski definition) is 2. The van der Waals surface area contributed by atoms with Gasteiger partial charge in [-0.2, -0.15) is 0 Å². The maximum absolute atomic E-state index is 13.8. The van der Waals surface area contributed by atoms with Gasteiger partial charge in [-0.1, -0.05) is 39.3 Å².